The van der Waals surface area contributed by atoms with Crippen LogP contribution in [0.2, 0.25) is 0 Å². The van der Waals surface area contributed by atoms with Crippen molar-refractivity contribution in [1.82, 2.24) is 5.43 Å². The van der Waals surface area contributed by atoms with E-state index in [0.717, 1.165) is 17.9 Å². The van der Waals surface area contributed by atoms with E-state index in [1.54, 1.807) is 7.11 Å². The van der Waals surface area contributed by atoms with Gasteiger partial charge in [-0.05, 0) is 37.0 Å². The van der Waals surface area contributed by atoms with Gasteiger partial charge in [-0.1, -0.05) is 0 Å². The van der Waals surface area contributed by atoms with E-state index in [4.69, 9.17) is 9.47 Å². The lowest BCUT2D eigenvalue weighted by molar-refractivity contribution is -0.119. The highest BCUT2D eigenvalue weighted by Crippen LogP contribution is 2.33. The molecule has 2 aliphatic rings. The maximum absolute atomic E-state index is 11.2. The van der Waals surface area contributed by atoms with Crippen molar-refractivity contribution < 1.29 is 14.3 Å². The van der Waals surface area contributed by atoms with Crippen molar-refractivity contribution in [3.8, 4) is 11.5 Å². The molecule has 5 nitrogen and oxygen atoms in total. The van der Waals surface area contributed by atoms with E-state index in [2.05, 4.69) is 10.5 Å². The minimum atomic E-state index is -0.0775. The average molecular weight is 260 g/mol. The van der Waals surface area contributed by atoms with Crippen LogP contribution in [-0.2, 0) is 4.79 Å². The molecule has 0 spiro atoms. The summed E-state index contributed by atoms with van der Waals surface area (Å²) in [4.78, 5) is 11.2. The molecule has 0 aromatic heterocycles. The van der Waals surface area contributed by atoms with Gasteiger partial charge in [0.15, 0.2) is 11.5 Å². The topological polar surface area (TPSA) is 59.9 Å². The standard InChI is InChI=1S/C14H16N2O3/c1-18-12-5-4-10(11-7-14(17)16-15-11)6-13(12)19-8-9-2-3-9/h4-6,9H,2-3,7-8H2,1H3,(H,16,17). The van der Waals surface area contributed by atoms with Crippen LogP contribution in [0.1, 0.15) is 24.8 Å². The number of carbonyl (C=O) groups is 1. The summed E-state index contributed by atoms with van der Waals surface area (Å²) >= 11 is 0. The number of amides is 1. The summed E-state index contributed by atoms with van der Waals surface area (Å²) in [6.45, 7) is 0.726. The third-order valence-electron chi connectivity index (χ3n) is 3.31. The summed E-state index contributed by atoms with van der Waals surface area (Å²) in [6, 6.07) is 5.63. The normalized spacial score (nSPS) is 17.9. The summed E-state index contributed by atoms with van der Waals surface area (Å²) in [5.74, 6) is 2.03. The van der Waals surface area contributed by atoms with E-state index < -0.39 is 0 Å². The van der Waals surface area contributed by atoms with Crippen LogP contribution in [0.15, 0.2) is 23.3 Å². The highest BCUT2D eigenvalue weighted by Gasteiger charge is 2.23. The first-order valence-electron chi connectivity index (χ1n) is 6.43. The molecule has 1 heterocycles. The Hall–Kier alpha value is -2.04. The van der Waals surface area contributed by atoms with Crippen molar-refractivity contribution in [2.45, 2.75) is 19.3 Å². The second-order valence-electron chi connectivity index (χ2n) is 4.89. The third-order valence-corrected chi connectivity index (χ3v) is 3.31. The van der Waals surface area contributed by atoms with Crippen LogP contribution in [0, 0.1) is 5.92 Å². The van der Waals surface area contributed by atoms with Gasteiger partial charge in [0.2, 0.25) is 5.91 Å². The molecule has 0 saturated heterocycles. The molecule has 1 aliphatic carbocycles. The first-order valence-corrected chi connectivity index (χ1v) is 6.43. The van der Waals surface area contributed by atoms with Crippen LogP contribution in [0.4, 0.5) is 0 Å². The van der Waals surface area contributed by atoms with Crippen molar-refractivity contribution in [1.29, 1.82) is 0 Å². The lowest BCUT2D eigenvalue weighted by Crippen LogP contribution is -2.09. The highest BCUT2D eigenvalue weighted by atomic mass is 16.5. The zero-order valence-corrected chi connectivity index (χ0v) is 10.8. The molecule has 1 N–H and O–H groups in total. The quantitative estimate of drug-likeness (QED) is 0.876. The van der Waals surface area contributed by atoms with Crippen LogP contribution >= 0.6 is 0 Å². The number of hydrazone groups is 1. The number of hydrogen-bond acceptors (Lipinski definition) is 4. The summed E-state index contributed by atoms with van der Waals surface area (Å²) < 4.78 is 11.1. The maximum atomic E-state index is 11.2. The van der Waals surface area contributed by atoms with Crippen LogP contribution in [0.25, 0.3) is 0 Å². The highest BCUT2D eigenvalue weighted by molar-refractivity contribution is 6.13. The molecular formula is C14H16N2O3. The van der Waals surface area contributed by atoms with Crippen molar-refractivity contribution in [3.63, 3.8) is 0 Å². The van der Waals surface area contributed by atoms with E-state index in [1.807, 2.05) is 18.2 Å². The van der Waals surface area contributed by atoms with E-state index in [9.17, 15) is 4.79 Å². The Labute approximate surface area is 111 Å². The van der Waals surface area contributed by atoms with Gasteiger partial charge in [0.05, 0.1) is 25.8 Å². The number of nitrogens with zero attached hydrogens (tertiary/aromatic N) is 1. The molecule has 1 aromatic rings. The number of benzene rings is 1. The molecule has 3 rings (SSSR count). The lowest BCUT2D eigenvalue weighted by atomic mass is 10.1. The first-order chi connectivity index (χ1) is 9.26. The smallest absolute Gasteiger partial charge is 0.246 e. The van der Waals surface area contributed by atoms with Gasteiger partial charge in [-0.2, -0.15) is 5.10 Å². The van der Waals surface area contributed by atoms with E-state index in [1.165, 1.54) is 12.8 Å². The number of methoxy groups -OCH3 is 1. The molecule has 1 aliphatic heterocycles. The molecule has 0 bridgehead atoms. The Bertz CT molecular complexity index is 535. The molecule has 0 unspecified atom stereocenters. The van der Waals surface area contributed by atoms with Crippen LogP contribution in [0.5, 0.6) is 11.5 Å². The zero-order valence-electron chi connectivity index (χ0n) is 10.8. The predicted molar refractivity (Wildman–Crippen MR) is 70.5 cm³/mol. The monoisotopic (exact) mass is 260 g/mol. The van der Waals surface area contributed by atoms with E-state index in [0.29, 0.717) is 23.8 Å². The Morgan fingerprint density at radius 1 is 1.37 bits per heavy atom. The van der Waals surface area contributed by atoms with Crippen molar-refractivity contribution in [3.05, 3.63) is 23.8 Å². The van der Waals surface area contributed by atoms with Crippen LogP contribution in [0.3, 0.4) is 0 Å². The fraction of sp³-hybridized carbons (Fsp3) is 0.429. The minimum Gasteiger partial charge on any atom is -0.493 e. The molecule has 1 saturated carbocycles. The minimum absolute atomic E-state index is 0.0775. The van der Waals surface area contributed by atoms with Gasteiger partial charge in [0, 0.05) is 5.56 Å². The number of hydrogen-bond donors (Lipinski definition) is 1. The summed E-state index contributed by atoms with van der Waals surface area (Å²) in [6.07, 6.45) is 2.80. The Morgan fingerprint density at radius 2 is 2.21 bits per heavy atom. The third kappa shape index (κ3) is 2.70. The van der Waals surface area contributed by atoms with Crippen LogP contribution in [-0.4, -0.2) is 25.3 Å². The van der Waals surface area contributed by atoms with Crippen molar-refractivity contribution >= 4 is 11.6 Å². The average Bonchev–Trinajstić information content (AvgIpc) is 3.16. The van der Waals surface area contributed by atoms with Gasteiger partial charge >= 0.3 is 0 Å². The summed E-state index contributed by atoms with van der Waals surface area (Å²) in [5, 5.41) is 4.01. The predicted octanol–water partition coefficient (Wildman–Crippen LogP) is 1.71. The molecule has 0 radical (unpaired) electrons. The Balaban J connectivity index is 1.81. The van der Waals surface area contributed by atoms with E-state index >= 15 is 0 Å². The first kappa shape index (κ1) is 12.0. The lowest BCUT2D eigenvalue weighted by Gasteiger charge is -2.11. The van der Waals surface area contributed by atoms with Crippen molar-refractivity contribution in [2.75, 3.05) is 13.7 Å². The second-order valence-corrected chi connectivity index (χ2v) is 4.89. The van der Waals surface area contributed by atoms with Gasteiger partial charge < -0.3 is 9.47 Å². The number of carbonyl (C=O) groups excluding carboxylic acids is 1. The summed E-state index contributed by atoms with van der Waals surface area (Å²) in [7, 11) is 1.62. The van der Waals surface area contributed by atoms with Gasteiger partial charge in [0.25, 0.3) is 0 Å². The molecule has 1 aromatic carbocycles. The Kier molecular flexibility index (Phi) is 3.11. The number of ether oxygens (including phenoxy) is 2. The SMILES string of the molecule is COc1ccc(C2=NNC(=O)C2)cc1OCC1CC1. The molecule has 5 heteroatoms. The van der Waals surface area contributed by atoms with Gasteiger partial charge in [0.1, 0.15) is 0 Å². The summed E-state index contributed by atoms with van der Waals surface area (Å²) in [5.41, 5.74) is 4.09. The fourth-order valence-electron chi connectivity index (χ4n) is 1.99. The van der Waals surface area contributed by atoms with Crippen molar-refractivity contribution in [2.24, 2.45) is 11.0 Å². The maximum Gasteiger partial charge on any atom is 0.246 e. The number of nitrogens with one attached hydrogen (secondary N) is 1. The zero-order chi connectivity index (χ0) is 13.2. The molecule has 1 amide bonds. The molecule has 19 heavy (non-hydrogen) atoms. The van der Waals surface area contributed by atoms with Gasteiger partial charge in [-0.25, -0.2) is 5.43 Å². The van der Waals surface area contributed by atoms with E-state index in [-0.39, 0.29) is 5.91 Å². The fourth-order valence-corrected chi connectivity index (χ4v) is 1.99. The van der Waals surface area contributed by atoms with Gasteiger partial charge in [-0.15, -0.1) is 0 Å². The second kappa shape index (κ2) is 4.91. The molecule has 1 fully saturated rings. The molecule has 100 valence electrons. The number of rotatable bonds is 5. The molecule has 0 atom stereocenters. The largest absolute Gasteiger partial charge is 0.493 e. The van der Waals surface area contributed by atoms with Gasteiger partial charge in [-0.3, -0.25) is 4.79 Å². The van der Waals surface area contributed by atoms with Crippen LogP contribution < -0.4 is 14.9 Å². The Morgan fingerprint density at radius 3 is 2.84 bits per heavy atom. The molecular weight excluding hydrogens is 244 g/mol.